The molecule has 0 bridgehead atoms. The van der Waals surface area contributed by atoms with Crippen LogP contribution in [0.25, 0.3) is 0 Å². The summed E-state index contributed by atoms with van der Waals surface area (Å²) in [6.07, 6.45) is 3.49. The zero-order valence-corrected chi connectivity index (χ0v) is 25.2. The smallest absolute Gasteiger partial charge is 0.308 e. The Bertz CT molecular complexity index is 1430. The number of methoxy groups -OCH3 is 1. The van der Waals surface area contributed by atoms with Gasteiger partial charge in [0.05, 0.1) is 50.5 Å². The number of fused-ring (bicyclic) bond motifs is 1. The molecule has 42 heavy (non-hydrogen) atoms. The van der Waals surface area contributed by atoms with Gasteiger partial charge in [-0.1, -0.05) is 6.07 Å². The van der Waals surface area contributed by atoms with Crippen LogP contribution in [-0.4, -0.2) is 52.5 Å². The largest absolute Gasteiger partial charge is 0.494 e. The molecule has 226 valence electrons. The van der Waals surface area contributed by atoms with Crippen molar-refractivity contribution in [2.75, 3.05) is 25.6 Å². The quantitative estimate of drug-likeness (QED) is 0.308. The Kier molecular flexibility index (Phi) is 9.82. The first-order valence-electron chi connectivity index (χ1n) is 14.2. The third kappa shape index (κ3) is 7.84. The number of carbonyl (C=O) groups is 2. The Hall–Kier alpha value is -3.99. The van der Waals surface area contributed by atoms with E-state index in [0.717, 1.165) is 42.0 Å². The number of halogens is 1. The van der Waals surface area contributed by atoms with Crippen molar-refractivity contribution in [3.05, 3.63) is 69.9 Å². The van der Waals surface area contributed by atoms with Gasteiger partial charge >= 0.3 is 5.97 Å². The molecule has 2 N–H and O–H groups in total. The van der Waals surface area contributed by atoms with E-state index in [1.165, 1.54) is 19.2 Å². The number of amides is 1. The van der Waals surface area contributed by atoms with Crippen LogP contribution in [0.4, 0.5) is 10.2 Å². The second kappa shape index (κ2) is 13.3. The highest BCUT2D eigenvalue weighted by Gasteiger charge is 2.25. The molecule has 11 heteroatoms. The number of hydrogen-bond donors (Lipinski definition) is 2. The predicted octanol–water partition coefficient (Wildman–Crippen LogP) is 4.88. The molecule has 10 nitrogen and oxygen atoms in total. The van der Waals surface area contributed by atoms with Gasteiger partial charge in [0.1, 0.15) is 11.5 Å². The van der Waals surface area contributed by atoms with Gasteiger partial charge in [-0.15, -0.1) is 0 Å². The van der Waals surface area contributed by atoms with Gasteiger partial charge < -0.3 is 24.8 Å². The van der Waals surface area contributed by atoms with E-state index < -0.39 is 29.3 Å². The summed E-state index contributed by atoms with van der Waals surface area (Å²) >= 11 is 0. The maximum absolute atomic E-state index is 14.6. The number of nitrogens with one attached hydrogen (secondary N) is 2. The van der Waals surface area contributed by atoms with E-state index in [2.05, 4.69) is 16.7 Å². The molecule has 0 fully saturated rings. The Balaban J connectivity index is 1.64. The number of carbonyl (C=O) groups excluding carboxylic acids is 2. The molecule has 0 aliphatic carbocycles. The highest BCUT2D eigenvalue weighted by Crippen LogP contribution is 2.26. The number of anilines is 1. The molecule has 0 radical (unpaired) electrons. The van der Waals surface area contributed by atoms with E-state index in [-0.39, 0.29) is 25.4 Å². The van der Waals surface area contributed by atoms with Gasteiger partial charge in [-0.05, 0) is 82.3 Å². The fraction of sp³-hybridized carbons (Fsp3) is 0.484. The first kappa shape index (κ1) is 31.0. The monoisotopic (exact) mass is 581 g/mol. The van der Waals surface area contributed by atoms with Crippen LogP contribution in [0.15, 0.2) is 30.5 Å². The number of nitrogens with zero attached hydrogens (tertiary/aromatic N) is 3. The third-order valence-corrected chi connectivity index (χ3v) is 6.93. The molecule has 1 aromatic carbocycles. The Morgan fingerprint density at radius 3 is 2.71 bits per heavy atom. The molecule has 3 heterocycles. The van der Waals surface area contributed by atoms with Crippen LogP contribution >= 0.6 is 0 Å². The van der Waals surface area contributed by atoms with Crippen LogP contribution in [0.5, 0.6) is 5.75 Å². The number of esters is 1. The lowest BCUT2D eigenvalue weighted by Crippen LogP contribution is -2.31. The average molecular weight is 582 g/mol. The molecular weight excluding hydrogens is 541 g/mol. The molecule has 1 amide bonds. The topological polar surface area (TPSA) is 117 Å². The van der Waals surface area contributed by atoms with Crippen LogP contribution < -0.4 is 15.4 Å². The minimum absolute atomic E-state index is 0.0607. The first-order valence-corrected chi connectivity index (χ1v) is 14.2. The standard InChI is InChI=1S/C31H40FN5O5/c1-7-41-28(38)15-25(20-10-11-27(40-6)24(32)14-20)35-30(39)23-17-37(36-26(23)18-42-31(3,4)5)16-22-13-21-9-8-12-33-29(21)34-19(22)2/h10-11,13-14,17,25H,7-9,12,15-16,18H2,1-6H3,(H,33,34)(H,35,39)/t25-/m0/s1. The number of aromatic nitrogens is 3. The summed E-state index contributed by atoms with van der Waals surface area (Å²) in [5, 5.41) is 11.0. The highest BCUT2D eigenvalue weighted by molar-refractivity contribution is 5.95. The molecule has 1 aliphatic heterocycles. The Morgan fingerprint density at radius 2 is 2.02 bits per heavy atom. The molecule has 0 spiro atoms. The van der Waals surface area contributed by atoms with Crippen LogP contribution in [0, 0.1) is 12.7 Å². The second-order valence-corrected chi connectivity index (χ2v) is 11.3. The molecule has 1 aliphatic rings. The van der Waals surface area contributed by atoms with Gasteiger partial charge in [0, 0.05) is 18.4 Å². The SMILES string of the molecule is CCOC(=O)C[C@H](NC(=O)c1cn(Cc2cc3c(nc2C)NCCC3)nc1COC(C)(C)C)c1ccc(OC)c(F)c1. The highest BCUT2D eigenvalue weighted by atomic mass is 19.1. The predicted molar refractivity (Wildman–Crippen MR) is 156 cm³/mol. The van der Waals surface area contributed by atoms with Gasteiger partial charge in [-0.25, -0.2) is 9.37 Å². The van der Waals surface area contributed by atoms with E-state index in [0.29, 0.717) is 23.4 Å². The molecule has 0 saturated heterocycles. The summed E-state index contributed by atoms with van der Waals surface area (Å²) in [4.78, 5) is 30.9. The van der Waals surface area contributed by atoms with Gasteiger partial charge in [0.25, 0.3) is 5.91 Å². The van der Waals surface area contributed by atoms with Crippen molar-refractivity contribution in [1.82, 2.24) is 20.1 Å². The Labute approximate surface area is 245 Å². The summed E-state index contributed by atoms with van der Waals surface area (Å²) in [5.41, 5.74) is 3.74. The minimum atomic E-state index is -0.851. The van der Waals surface area contributed by atoms with Crippen LogP contribution in [0.2, 0.25) is 0 Å². The van der Waals surface area contributed by atoms with Gasteiger partial charge in [-0.3, -0.25) is 14.3 Å². The molecule has 1 atom stereocenters. The minimum Gasteiger partial charge on any atom is -0.494 e. The average Bonchev–Trinajstić information content (AvgIpc) is 3.34. The number of ether oxygens (including phenoxy) is 3. The van der Waals surface area contributed by atoms with Crippen molar-refractivity contribution in [3.8, 4) is 5.75 Å². The molecule has 0 saturated carbocycles. The van der Waals surface area contributed by atoms with Crippen LogP contribution in [-0.2, 0) is 33.8 Å². The second-order valence-electron chi connectivity index (χ2n) is 11.3. The van der Waals surface area contributed by atoms with Gasteiger partial charge in [0.2, 0.25) is 0 Å². The maximum Gasteiger partial charge on any atom is 0.308 e. The number of hydrogen-bond acceptors (Lipinski definition) is 8. The van der Waals surface area contributed by atoms with E-state index in [1.807, 2.05) is 27.7 Å². The van der Waals surface area contributed by atoms with Crippen molar-refractivity contribution < 1.29 is 28.2 Å². The van der Waals surface area contributed by atoms with Crippen molar-refractivity contribution >= 4 is 17.7 Å². The first-order chi connectivity index (χ1) is 20.0. The third-order valence-electron chi connectivity index (χ3n) is 6.93. The normalized spacial score (nSPS) is 13.6. The zero-order valence-electron chi connectivity index (χ0n) is 25.2. The van der Waals surface area contributed by atoms with E-state index in [9.17, 15) is 14.0 Å². The molecular formula is C31H40FN5O5. The number of pyridine rings is 1. The van der Waals surface area contributed by atoms with Crippen molar-refractivity contribution in [2.45, 2.75) is 78.7 Å². The van der Waals surface area contributed by atoms with Gasteiger partial charge in [-0.2, -0.15) is 5.10 Å². The van der Waals surface area contributed by atoms with Crippen LogP contribution in [0.1, 0.15) is 85.0 Å². The number of benzene rings is 1. The van der Waals surface area contributed by atoms with Gasteiger partial charge in [0.15, 0.2) is 11.6 Å². The summed E-state index contributed by atoms with van der Waals surface area (Å²) in [6.45, 7) is 11.0. The molecule has 3 aromatic rings. The summed E-state index contributed by atoms with van der Waals surface area (Å²) in [6, 6.07) is 5.61. The molecule has 0 unspecified atom stereocenters. The summed E-state index contributed by atoms with van der Waals surface area (Å²) in [7, 11) is 1.37. The van der Waals surface area contributed by atoms with Crippen LogP contribution in [0.3, 0.4) is 0 Å². The fourth-order valence-corrected chi connectivity index (χ4v) is 4.76. The lowest BCUT2D eigenvalue weighted by molar-refractivity contribution is -0.143. The number of rotatable bonds is 11. The zero-order chi connectivity index (χ0) is 30.4. The maximum atomic E-state index is 14.6. The lowest BCUT2D eigenvalue weighted by Gasteiger charge is -2.20. The lowest BCUT2D eigenvalue weighted by atomic mass is 10.0. The Morgan fingerprint density at radius 1 is 1.24 bits per heavy atom. The van der Waals surface area contributed by atoms with Crippen molar-refractivity contribution in [1.29, 1.82) is 0 Å². The van der Waals surface area contributed by atoms with Crippen molar-refractivity contribution in [3.63, 3.8) is 0 Å². The van der Waals surface area contributed by atoms with E-state index in [1.54, 1.807) is 23.9 Å². The molecule has 2 aromatic heterocycles. The van der Waals surface area contributed by atoms with E-state index >= 15 is 0 Å². The summed E-state index contributed by atoms with van der Waals surface area (Å²) < 4.78 is 32.4. The van der Waals surface area contributed by atoms with Crippen molar-refractivity contribution in [2.24, 2.45) is 0 Å². The molecule has 4 rings (SSSR count). The number of aryl methyl sites for hydroxylation is 2. The fourth-order valence-electron chi connectivity index (χ4n) is 4.76. The summed E-state index contributed by atoms with van der Waals surface area (Å²) in [5.74, 6) is -0.607. The van der Waals surface area contributed by atoms with E-state index in [4.69, 9.17) is 24.3 Å².